The van der Waals surface area contributed by atoms with Crippen LogP contribution in [0, 0.1) is 0 Å². The molecule has 64 valence electrons. The van der Waals surface area contributed by atoms with Crippen molar-refractivity contribution in [2.75, 3.05) is 14.1 Å². The Morgan fingerprint density at radius 3 is 2.18 bits per heavy atom. The molecule has 2 heteroatoms. The molecule has 2 aliphatic rings. The molecule has 0 bridgehead atoms. The number of hydrogen-bond donors (Lipinski definition) is 0. The SMILES string of the molecule is CCC1C2OC2C(C)[N+]1(C)C. The van der Waals surface area contributed by atoms with E-state index in [0.29, 0.717) is 18.2 Å². The molecule has 2 nitrogen and oxygen atoms in total. The third-order valence-electron chi connectivity index (χ3n) is 3.74. The monoisotopic (exact) mass is 156 g/mol. The van der Waals surface area contributed by atoms with Crippen LogP contribution in [0.5, 0.6) is 0 Å². The summed E-state index contributed by atoms with van der Waals surface area (Å²) in [7, 11) is 4.66. The van der Waals surface area contributed by atoms with Gasteiger partial charge in [0.25, 0.3) is 0 Å². The van der Waals surface area contributed by atoms with Crippen LogP contribution in [0.4, 0.5) is 0 Å². The number of quaternary nitrogens is 1. The first-order valence-corrected chi connectivity index (χ1v) is 4.57. The molecule has 0 amide bonds. The molecule has 0 aromatic carbocycles. The molecule has 2 rings (SSSR count). The standard InChI is InChI=1S/C9H18NO/c1-5-7-9-8(11-9)6(2)10(7,3)4/h6-9H,5H2,1-4H3/q+1. The number of epoxide rings is 1. The van der Waals surface area contributed by atoms with E-state index in [9.17, 15) is 0 Å². The molecule has 2 aliphatic heterocycles. The Kier molecular flexibility index (Phi) is 1.37. The second-order valence-electron chi connectivity index (χ2n) is 4.41. The summed E-state index contributed by atoms with van der Waals surface area (Å²) in [6, 6.07) is 1.44. The Balaban J connectivity index is 2.20. The number of ether oxygens (including phenoxy) is 1. The summed E-state index contributed by atoms with van der Waals surface area (Å²) in [6.07, 6.45) is 2.42. The second-order valence-corrected chi connectivity index (χ2v) is 4.41. The van der Waals surface area contributed by atoms with Crippen LogP contribution in [0.15, 0.2) is 0 Å². The van der Waals surface area contributed by atoms with E-state index in [4.69, 9.17) is 4.74 Å². The van der Waals surface area contributed by atoms with E-state index in [0.717, 1.165) is 10.5 Å². The predicted molar refractivity (Wildman–Crippen MR) is 44.3 cm³/mol. The fourth-order valence-corrected chi connectivity index (χ4v) is 2.60. The topological polar surface area (TPSA) is 12.5 Å². The smallest absolute Gasteiger partial charge is 0.142 e. The van der Waals surface area contributed by atoms with Crippen LogP contribution in [-0.4, -0.2) is 42.9 Å². The molecule has 4 unspecified atom stereocenters. The number of nitrogens with zero attached hydrogens (tertiary/aromatic N) is 1. The van der Waals surface area contributed by atoms with Gasteiger partial charge in [-0.15, -0.1) is 0 Å². The number of likely N-dealkylation sites (N-methyl/N-ethyl adjacent to an activating group) is 1. The van der Waals surface area contributed by atoms with Gasteiger partial charge in [0, 0.05) is 0 Å². The summed E-state index contributed by atoms with van der Waals surface area (Å²) in [4.78, 5) is 0. The molecule has 0 aromatic heterocycles. The molecule has 11 heavy (non-hydrogen) atoms. The van der Waals surface area contributed by atoms with E-state index in [1.54, 1.807) is 0 Å². The summed E-state index contributed by atoms with van der Waals surface area (Å²) in [6.45, 7) is 4.57. The van der Waals surface area contributed by atoms with Crippen LogP contribution in [0.1, 0.15) is 20.3 Å². The van der Waals surface area contributed by atoms with Crippen molar-refractivity contribution in [3.05, 3.63) is 0 Å². The minimum Gasteiger partial charge on any atom is -0.357 e. The summed E-state index contributed by atoms with van der Waals surface area (Å²) in [5.41, 5.74) is 0. The van der Waals surface area contributed by atoms with Crippen molar-refractivity contribution >= 4 is 0 Å². The van der Waals surface area contributed by atoms with Gasteiger partial charge in [0.15, 0.2) is 0 Å². The molecule has 2 fully saturated rings. The van der Waals surface area contributed by atoms with E-state index >= 15 is 0 Å². The molecule has 2 saturated heterocycles. The highest BCUT2D eigenvalue weighted by Gasteiger charge is 2.65. The van der Waals surface area contributed by atoms with Gasteiger partial charge in [0.2, 0.25) is 0 Å². The van der Waals surface area contributed by atoms with Crippen molar-refractivity contribution in [3.63, 3.8) is 0 Å². The fourth-order valence-electron chi connectivity index (χ4n) is 2.60. The van der Waals surface area contributed by atoms with Gasteiger partial charge in [-0.3, -0.25) is 0 Å². The minimum atomic E-state index is 0.579. The molecule has 0 aliphatic carbocycles. The lowest BCUT2D eigenvalue weighted by molar-refractivity contribution is -0.930. The number of hydrogen-bond acceptors (Lipinski definition) is 1. The van der Waals surface area contributed by atoms with Gasteiger partial charge in [-0.25, -0.2) is 0 Å². The number of likely N-dealkylation sites (tertiary alicyclic amines) is 1. The first kappa shape index (κ1) is 7.56. The Hall–Kier alpha value is -0.0800. The lowest BCUT2D eigenvalue weighted by atomic mass is 10.1. The molecular formula is C9H18NO+. The van der Waals surface area contributed by atoms with Gasteiger partial charge in [-0.2, -0.15) is 0 Å². The Labute approximate surface area is 68.7 Å². The van der Waals surface area contributed by atoms with Crippen molar-refractivity contribution < 1.29 is 9.22 Å². The maximum Gasteiger partial charge on any atom is 0.142 e. The zero-order chi connectivity index (χ0) is 8.22. The zero-order valence-corrected chi connectivity index (χ0v) is 7.87. The average Bonchev–Trinajstić information content (AvgIpc) is 2.63. The molecule has 4 atom stereocenters. The molecule has 0 saturated carbocycles. The van der Waals surface area contributed by atoms with Gasteiger partial charge in [-0.05, 0) is 13.3 Å². The van der Waals surface area contributed by atoms with E-state index in [-0.39, 0.29) is 0 Å². The van der Waals surface area contributed by atoms with Crippen LogP contribution in [0.3, 0.4) is 0 Å². The van der Waals surface area contributed by atoms with Gasteiger partial charge in [0.05, 0.1) is 14.1 Å². The Morgan fingerprint density at radius 1 is 1.27 bits per heavy atom. The predicted octanol–water partition coefficient (Wildman–Crippen LogP) is 1.01. The van der Waals surface area contributed by atoms with Gasteiger partial charge < -0.3 is 9.22 Å². The molecule has 0 N–H and O–H groups in total. The van der Waals surface area contributed by atoms with Crippen molar-refractivity contribution in [3.8, 4) is 0 Å². The van der Waals surface area contributed by atoms with E-state index in [2.05, 4.69) is 27.9 Å². The quantitative estimate of drug-likeness (QED) is 0.408. The van der Waals surface area contributed by atoms with Crippen LogP contribution >= 0.6 is 0 Å². The Bertz CT molecular complexity index is 178. The van der Waals surface area contributed by atoms with E-state index in [1.807, 2.05) is 0 Å². The highest BCUT2D eigenvalue weighted by molar-refractivity contribution is 5.01. The highest BCUT2D eigenvalue weighted by Crippen LogP contribution is 2.45. The van der Waals surface area contributed by atoms with Crippen molar-refractivity contribution in [2.24, 2.45) is 0 Å². The summed E-state index contributed by atoms with van der Waals surface area (Å²) >= 11 is 0. The van der Waals surface area contributed by atoms with E-state index < -0.39 is 0 Å². The zero-order valence-electron chi connectivity index (χ0n) is 7.87. The van der Waals surface area contributed by atoms with Gasteiger partial charge in [-0.1, -0.05) is 6.92 Å². The van der Waals surface area contributed by atoms with Crippen LogP contribution in [0.2, 0.25) is 0 Å². The summed E-state index contributed by atoms with van der Waals surface area (Å²) in [5, 5.41) is 0. The summed E-state index contributed by atoms with van der Waals surface area (Å²) < 4.78 is 6.75. The summed E-state index contributed by atoms with van der Waals surface area (Å²) in [5.74, 6) is 0. The third-order valence-corrected chi connectivity index (χ3v) is 3.74. The lowest BCUT2D eigenvalue weighted by Gasteiger charge is -2.37. The molecule has 0 spiro atoms. The Morgan fingerprint density at radius 2 is 1.91 bits per heavy atom. The van der Waals surface area contributed by atoms with Crippen molar-refractivity contribution in [1.29, 1.82) is 0 Å². The minimum absolute atomic E-state index is 0.579. The highest BCUT2D eigenvalue weighted by atomic mass is 16.6. The third kappa shape index (κ3) is 0.798. The van der Waals surface area contributed by atoms with Crippen LogP contribution < -0.4 is 0 Å². The maximum atomic E-state index is 5.59. The normalized spacial score (nSPS) is 52.4. The van der Waals surface area contributed by atoms with Gasteiger partial charge >= 0.3 is 0 Å². The van der Waals surface area contributed by atoms with Gasteiger partial charge in [0.1, 0.15) is 24.3 Å². The van der Waals surface area contributed by atoms with Crippen molar-refractivity contribution in [2.45, 2.75) is 44.6 Å². The first-order chi connectivity index (χ1) is 5.09. The number of fused-ring (bicyclic) bond motifs is 1. The molecule has 2 heterocycles. The van der Waals surface area contributed by atoms with E-state index in [1.165, 1.54) is 6.42 Å². The van der Waals surface area contributed by atoms with Crippen LogP contribution in [-0.2, 0) is 4.74 Å². The number of rotatable bonds is 1. The van der Waals surface area contributed by atoms with Crippen LogP contribution in [0.25, 0.3) is 0 Å². The average molecular weight is 156 g/mol. The largest absolute Gasteiger partial charge is 0.357 e. The second kappa shape index (κ2) is 1.99. The molecule has 0 aromatic rings. The molecule has 0 radical (unpaired) electrons. The van der Waals surface area contributed by atoms with Crippen molar-refractivity contribution in [1.82, 2.24) is 0 Å². The molecular weight excluding hydrogens is 138 g/mol. The maximum absolute atomic E-state index is 5.59. The lowest BCUT2D eigenvalue weighted by Crippen LogP contribution is -2.52. The number of morpholine rings is 1. The first-order valence-electron chi connectivity index (χ1n) is 4.57. The fraction of sp³-hybridized carbons (Fsp3) is 1.00.